The maximum absolute atomic E-state index is 11.0. The number of nitrogens with two attached hydrogens (primary N) is 1. The second kappa shape index (κ2) is 3.27. The number of nitrogens with zero attached hydrogens (tertiary/aromatic N) is 1. The first-order chi connectivity index (χ1) is 6.48. The summed E-state index contributed by atoms with van der Waals surface area (Å²) in [5.41, 5.74) is 0.752. The maximum Gasteiger partial charge on any atom is 0.239 e. The number of hydrogen-bond acceptors (Lipinski definition) is 4. The molecule has 0 aromatic carbocycles. The van der Waals surface area contributed by atoms with E-state index in [1.807, 2.05) is 5.38 Å². The van der Waals surface area contributed by atoms with Gasteiger partial charge in [0.15, 0.2) is 0 Å². The van der Waals surface area contributed by atoms with E-state index in [-0.39, 0.29) is 4.90 Å². The third kappa shape index (κ3) is 1.68. The van der Waals surface area contributed by atoms with Crippen molar-refractivity contribution in [2.75, 3.05) is 0 Å². The van der Waals surface area contributed by atoms with E-state index in [1.165, 1.54) is 23.6 Å². The Labute approximate surface area is 92.9 Å². The SMILES string of the molecule is NS(=O)(=O)c1cnc2c(Br)csc2c1. The molecule has 14 heavy (non-hydrogen) atoms. The van der Waals surface area contributed by atoms with Crippen molar-refractivity contribution < 1.29 is 8.42 Å². The van der Waals surface area contributed by atoms with E-state index in [0.29, 0.717) is 0 Å². The quantitative estimate of drug-likeness (QED) is 0.869. The first-order valence-electron chi connectivity index (χ1n) is 3.54. The first kappa shape index (κ1) is 10.0. The van der Waals surface area contributed by atoms with Gasteiger partial charge >= 0.3 is 0 Å². The number of thiophene rings is 1. The molecule has 2 rings (SSSR count). The summed E-state index contributed by atoms with van der Waals surface area (Å²) in [7, 11) is -3.66. The summed E-state index contributed by atoms with van der Waals surface area (Å²) in [6.45, 7) is 0. The molecular formula is C7H5BrN2O2S2. The fourth-order valence-corrected chi connectivity index (χ4v) is 3.12. The van der Waals surface area contributed by atoms with E-state index >= 15 is 0 Å². The molecule has 74 valence electrons. The van der Waals surface area contributed by atoms with Crippen molar-refractivity contribution in [1.29, 1.82) is 0 Å². The number of primary sulfonamides is 1. The number of fused-ring (bicyclic) bond motifs is 1. The van der Waals surface area contributed by atoms with Crippen LogP contribution in [0.3, 0.4) is 0 Å². The van der Waals surface area contributed by atoms with E-state index in [9.17, 15) is 8.42 Å². The van der Waals surface area contributed by atoms with Crippen molar-refractivity contribution in [2.45, 2.75) is 4.90 Å². The van der Waals surface area contributed by atoms with Gasteiger partial charge in [-0.25, -0.2) is 13.6 Å². The van der Waals surface area contributed by atoms with Crippen LogP contribution < -0.4 is 5.14 Å². The Kier molecular flexibility index (Phi) is 2.34. The first-order valence-corrected chi connectivity index (χ1v) is 6.76. The summed E-state index contributed by atoms with van der Waals surface area (Å²) in [6.07, 6.45) is 1.26. The standard InChI is InChI=1S/C7H5BrN2O2S2/c8-5-3-13-6-1-4(14(9,11)12)2-10-7(5)6/h1-3H,(H2,9,11,12). The van der Waals surface area contributed by atoms with Crippen molar-refractivity contribution in [1.82, 2.24) is 4.98 Å². The van der Waals surface area contributed by atoms with Gasteiger partial charge in [0, 0.05) is 11.6 Å². The van der Waals surface area contributed by atoms with Gasteiger partial charge < -0.3 is 0 Å². The van der Waals surface area contributed by atoms with Crippen LogP contribution in [0, 0.1) is 0 Å². The van der Waals surface area contributed by atoms with Crippen molar-refractivity contribution in [3.63, 3.8) is 0 Å². The van der Waals surface area contributed by atoms with Crippen LogP contribution in [0.1, 0.15) is 0 Å². The van der Waals surface area contributed by atoms with Crippen molar-refractivity contribution >= 4 is 47.5 Å². The normalized spacial score (nSPS) is 12.1. The number of hydrogen-bond donors (Lipinski definition) is 1. The van der Waals surface area contributed by atoms with Gasteiger partial charge in [-0.15, -0.1) is 11.3 Å². The van der Waals surface area contributed by atoms with Crippen LogP contribution in [0.4, 0.5) is 0 Å². The molecule has 0 atom stereocenters. The van der Waals surface area contributed by atoms with Gasteiger partial charge in [0.05, 0.1) is 14.7 Å². The van der Waals surface area contributed by atoms with Gasteiger partial charge in [-0.05, 0) is 22.0 Å². The molecule has 2 heterocycles. The van der Waals surface area contributed by atoms with Gasteiger partial charge in [0.2, 0.25) is 10.0 Å². The van der Waals surface area contributed by atoms with Crippen LogP contribution >= 0.6 is 27.3 Å². The van der Waals surface area contributed by atoms with Crippen LogP contribution in [0.25, 0.3) is 10.2 Å². The largest absolute Gasteiger partial charge is 0.253 e. The molecule has 7 heteroatoms. The molecule has 0 saturated heterocycles. The lowest BCUT2D eigenvalue weighted by Gasteiger charge is -1.96. The topological polar surface area (TPSA) is 73.1 Å². The number of pyridine rings is 1. The van der Waals surface area contributed by atoms with Gasteiger partial charge in [-0.3, -0.25) is 4.98 Å². The molecule has 0 radical (unpaired) electrons. The molecule has 0 fully saturated rings. The average molecular weight is 293 g/mol. The number of sulfonamides is 1. The highest BCUT2D eigenvalue weighted by atomic mass is 79.9. The molecule has 0 unspecified atom stereocenters. The van der Waals surface area contributed by atoms with E-state index in [2.05, 4.69) is 20.9 Å². The average Bonchev–Trinajstić information content (AvgIpc) is 2.46. The Morgan fingerprint density at radius 1 is 1.50 bits per heavy atom. The zero-order chi connectivity index (χ0) is 10.3. The third-order valence-electron chi connectivity index (χ3n) is 1.67. The number of halogens is 1. The second-order valence-electron chi connectivity index (χ2n) is 2.65. The predicted octanol–water partition coefficient (Wildman–Crippen LogP) is 1.71. The Bertz CT molecular complexity index is 591. The minimum absolute atomic E-state index is 0.0411. The maximum atomic E-state index is 11.0. The summed E-state index contributed by atoms with van der Waals surface area (Å²) >= 11 is 4.72. The Morgan fingerprint density at radius 3 is 2.86 bits per heavy atom. The summed E-state index contributed by atoms with van der Waals surface area (Å²) in [5, 5.41) is 6.83. The van der Waals surface area contributed by atoms with E-state index in [1.54, 1.807) is 0 Å². The zero-order valence-corrected chi connectivity index (χ0v) is 9.99. The molecule has 0 spiro atoms. The lowest BCUT2D eigenvalue weighted by molar-refractivity contribution is 0.597. The fraction of sp³-hybridized carbons (Fsp3) is 0. The Morgan fingerprint density at radius 2 is 2.21 bits per heavy atom. The highest BCUT2D eigenvalue weighted by Gasteiger charge is 2.11. The van der Waals surface area contributed by atoms with E-state index in [0.717, 1.165) is 14.7 Å². The van der Waals surface area contributed by atoms with Crippen LogP contribution in [-0.2, 0) is 10.0 Å². The summed E-state index contributed by atoms with van der Waals surface area (Å²) in [4.78, 5) is 4.05. The fourth-order valence-electron chi connectivity index (χ4n) is 1.02. The number of aromatic nitrogens is 1. The minimum atomic E-state index is -3.66. The van der Waals surface area contributed by atoms with Crippen molar-refractivity contribution in [3.05, 3.63) is 22.1 Å². The van der Waals surface area contributed by atoms with Crippen LogP contribution in [0.2, 0.25) is 0 Å². The van der Waals surface area contributed by atoms with Crippen molar-refractivity contribution in [3.8, 4) is 0 Å². The zero-order valence-electron chi connectivity index (χ0n) is 6.77. The highest BCUT2D eigenvalue weighted by molar-refractivity contribution is 9.10. The summed E-state index contributed by atoms with van der Waals surface area (Å²) in [5.74, 6) is 0. The molecule has 0 aliphatic heterocycles. The number of rotatable bonds is 1. The molecule has 4 nitrogen and oxygen atoms in total. The van der Waals surface area contributed by atoms with E-state index < -0.39 is 10.0 Å². The minimum Gasteiger partial charge on any atom is -0.253 e. The predicted molar refractivity (Wildman–Crippen MR) is 58.7 cm³/mol. The molecule has 2 aromatic rings. The lowest BCUT2D eigenvalue weighted by Crippen LogP contribution is -2.12. The Hall–Kier alpha value is -0.500. The van der Waals surface area contributed by atoms with E-state index in [4.69, 9.17) is 5.14 Å². The van der Waals surface area contributed by atoms with Gasteiger partial charge in [0.25, 0.3) is 0 Å². The monoisotopic (exact) mass is 292 g/mol. The molecule has 2 aromatic heterocycles. The molecule has 0 aliphatic carbocycles. The molecule has 0 saturated carbocycles. The second-order valence-corrected chi connectivity index (χ2v) is 5.97. The van der Waals surface area contributed by atoms with Gasteiger partial charge in [-0.2, -0.15) is 0 Å². The van der Waals surface area contributed by atoms with Crippen LogP contribution in [0.5, 0.6) is 0 Å². The molecule has 0 bridgehead atoms. The smallest absolute Gasteiger partial charge is 0.239 e. The van der Waals surface area contributed by atoms with Gasteiger partial charge in [0.1, 0.15) is 4.90 Å². The molecule has 2 N–H and O–H groups in total. The Balaban J connectivity index is 2.76. The lowest BCUT2D eigenvalue weighted by atomic mass is 10.4. The molecular weight excluding hydrogens is 288 g/mol. The molecule has 0 aliphatic rings. The third-order valence-corrected chi connectivity index (χ3v) is 4.38. The summed E-state index contributed by atoms with van der Waals surface area (Å²) < 4.78 is 23.7. The van der Waals surface area contributed by atoms with Crippen molar-refractivity contribution in [2.24, 2.45) is 5.14 Å². The van der Waals surface area contributed by atoms with Crippen LogP contribution in [-0.4, -0.2) is 13.4 Å². The van der Waals surface area contributed by atoms with Crippen LogP contribution in [0.15, 0.2) is 27.0 Å². The van der Waals surface area contributed by atoms with Gasteiger partial charge in [-0.1, -0.05) is 0 Å². The highest BCUT2D eigenvalue weighted by Crippen LogP contribution is 2.29. The summed E-state index contributed by atoms with van der Waals surface area (Å²) in [6, 6.07) is 1.52. The molecule has 0 amide bonds.